The van der Waals surface area contributed by atoms with Gasteiger partial charge in [-0.3, -0.25) is 0 Å². The van der Waals surface area contributed by atoms with E-state index in [-0.39, 0.29) is 23.1 Å². The Bertz CT molecular complexity index is 546. The summed E-state index contributed by atoms with van der Waals surface area (Å²) in [5.41, 5.74) is 0. The third-order valence-electron chi connectivity index (χ3n) is 4.28. The van der Waals surface area contributed by atoms with Crippen molar-refractivity contribution < 1.29 is 68.8 Å². The van der Waals surface area contributed by atoms with Crippen LogP contribution in [0.3, 0.4) is 0 Å². The molecule has 0 unspecified atom stereocenters. The van der Waals surface area contributed by atoms with Crippen molar-refractivity contribution in [2.24, 2.45) is 0 Å². The number of phosphoric acid groups is 1. The summed E-state index contributed by atoms with van der Waals surface area (Å²) in [5, 5.41) is 67.5. The van der Waals surface area contributed by atoms with Gasteiger partial charge in [-0.05, 0) is 0 Å². The summed E-state index contributed by atoms with van der Waals surface area (Å²) in [5.74, 6) is -2.61. The molecule has 2 fully saturated rings. The standard InChI is InChI=1S/C12H23O14P.Mg/c13-1-4-6(16)8(18)9(19)11(23-4)25-12(3-15)10(26-27(20,21)22)7(17)5(2-14)24-12;/h4-11,13-19H,1-3H2,(H2,20,21,22);/q;+2/p-2/t4-,5-,6-,7-,8+,9-,10+,11-,12+;/m1./s1. The normalized spacial score (nSPS) is 44.3. The number of ether oxygens (including phenoxy) is 3. The number of rotatable bonds is 7. The van der Waals surface area contributed by atoms with Crippen LogP contribution in [-0.4, -0.2) is 133 Å². The zero-order valence-corrected chi connectivity index (χ0v) is 16.7. The Labute approximate surface area is 174 Å². The number of phosphoric ester groups is 1. The second-order valence-corrected chi connectivity index (χ2v) is 7.19. The maximum absolute atomic E-state index is 11.0. The number of aliphatic hydroxyl groups is 7. The van der Waals surface area contributed by atoms with E-state index in [9.17, 15) is 45.0 Å². The Kier molecular flexibility index (Phi) is 9.65. The Hall–Kier alpha value is 0.476. The van der Waals surface area contributed by atoms with Crippen LogP contribution in [0.25, 0.3) is 0 Å². The maximum Gasteiger partial charge on any atom is 2.00 e. The van der Waals surface area contributed by atoms with Gasteiger partial charge >= 0.3 is 23.1 Å². The summed E-state index contributed by atoms with van der Waals surface area (Å²) >= 11 is 0. The summed E-state index contributed by atoms with van der Waals surface area (Å²) in [6, 6.07) is 0. The van der Waals surface area contributed by atoms with Crippen molar-refractivity contribution >= 4 is 30.9 Å². The molecule has 0 radical (unpaired) electrons. The van der Waals surface area contributed by atoms with Crippen molar-refractivity contribution in [3.8, 4) is 0 Å². The fourth-order valence-electron chi connectivity index (χ4n) is 2.90. The van der Waals surface area contributed by atoms with Crippen LogP contribution in [0.15, 0.2) is 0 Å². The maximum atomic E-state index is 11.0. The molecule has 0 aromatic carbocycles. The van der Waals surface area contributed by atoms with Gasteiger partial charge in [0.1, 0.15) is 49.3 Å². The molecule has 16 heteroatoms. The molecular weight excluding hydrogens is 423 g/mol. The first-order chi connectivity index (χ1) is 12.5. The van der Waals surface area contributed by atoms with E-state index in [1.807, 2.05) is 0 Å². The van der Waals surface area contributed by atoms with Crippen LogP contribution in [0.5, 0.6) is 0 Å². The van der Waals surface area contributed by atoms with E-state index >= 15 is 0 Å². The van der Waals surface area contributed by atoms with Gasteiger partial charge in [-0.2, -0.15) is 0 Å². The molecule has 14 nitrogen and oxygen atoms in total. The van der Waals surface area contributed by atoms with Gasteiger partial charge in [0.2, 0.25) is 5.79 Å². The monoisotopic (exact) mass is 444 g/mol. The SMILES string of the molecule is O=P([O-])([O-])O[C@H]1[C@H](O)[C@@H](CO)O[C@@]1(CO)O[C@H]1O[C@H](CO)[C@@H](O)[C@H](O)[C@H]1O.[Mg+2]. The quantitative estimate of drug-likeness (QED) is 0.142. The molecule has 0 amide bonds. The number of aliphatic hydroxyl groups excluding tert-OH is 7. The third-order valence-corrected chi connectivity index (χ3v) is 4.77. The van der Waals surface area contributed by atoms with Gasteiger partial charge in [0.05, 0.1) is 21.0 Å². The van der Waals surface area contributed by atoms with E-state index in [1.54, 1.807) is 0 Å². The minimum absolute atomic E-state index is 0. The Morgan fingerprint density at radius 1 is 0.929 bits per heavy atom. The molecule has 160 valence electrons. The molecule has 0 aliphatic carbocycles. The molecule has 7 N–H and O–H groups in total. The summed E-state index contributed by atoms with van der Waals surface area (Å²) in [7, 11) is -5.74. The molecule has 2 heterocycles. The summed E-state index contributed by atoms with van der Waals surface area (Å²) < 4.78 is 30.5. The summed E-state index contributed by atoms with van der Waals surface area (Å²) in [4.78, 5) is 22.0. The van der Waals surface area contributed by atoms with Crippen LogP contribution in [0.2, 0.25) is 0 Å². The second kappa shape index (κ2) is 10.2. The average Bonchev–Trinajstić information content (AvgIpc) is 2.86. The first kappa shape index (κ1) is 26.5. The Morgan fingerprint density at radius 3 is 1.96 bits per heavy atom. The topological polar surface area (TPSA) is 242 Å². The zero-order chi connectivity index (χ0) is 20.6. The van der Waals surface area contributed by atoms with Crippen molar-refractivity contribution in [3.05, 3.63) is 0 Å². The largest absolute Gasteiger partial charge is 2.00 e. The van der Waals surface area contributed by atoms with Gasteiger partial charge in [0, 0.05) is 0 Å². The van der Waals surface area contributed by atoms with Gasteiger partial charge in [-0.1, -0.05) is 0 Å². The van der Waals surface area contributed by atoms with Crippen LogP contribution < -0.4 is 9.79 Å². The number of hydrogen-bond donors (Lipinski definition) is 7. The fraction of sp³-hybridized carbons (Fsp3) is 1.00. The molecule has 0 aromatic heterocycles. The van der Waals surface area contributed by atoms with Gasteiger partial charge in [-0.25, -0.2) is 0 Å². The first-order valence-electron chi connectivity index (χ1n) is 7.76. The molecule has 2 aliphatic heterocycles. The summed E-state index contributed by atoms with van der Waals surface area (Å²) in [6.45, 7) is -2.93. The molecular formula is C12H21MgO14P. The minimum atomic E-state index is -5.74. The number of hydrogen-bond acceptors (Lipinski definition) is 14. The molecule has 2 rings (SSSR count). The molecule has 0 aromatic rings. The predicted octanol–water partition coefficient (Wildman–Crippen LogP) is -6.92. The molecule has 0 saturated carbocycles. The zero-order valence-electron chi connectivity index (χ0n) is 14.4. The molecule has 2 aliphatic rings. The van der Waals surface area contributed by atoms with E-state index in [1.165, 1.54) is 0 Å². The predicted molar refractivity (Wildman–Crippen MR) is 80.9 cm³/mol. The van der Waals surface area contributed by atoms with Crippen LogP contribution >= 0.6 is 7.82 Å². The van der Waals surface area contributed by atoms with E-state index in [0.29, 0.717) is 0 Å². The van der Waals surface area contributed by atoms with Crippen LogP contribution in [0.4, 0.5) is 0 Å². The van der Waals surface area contributed by atoms with E-state index in [0.717, 1.165) is 0 Å². The Morgan fingerprint density at radius 2 is 1.50 bits per heavy atom. The minimum Gasteiger partial charge on any atom is -0.790 e. The van der Waals surface area contributed by atoms with Gasteiger partial charge in [-0.15, -0.1) is 0 Å². The van der Waals surface area contributed by atoms with Crippen molar-refractivity contribution in [2.45, 2.75) is 54.8 Å². The van der Waals surface area contributed by atoms with Crippen molar-refractivity contribution in [3.63, 3.8) is 0 Å². The second-order valence-electron chi connectivity index (χ2n) is 6.09. The molecule has 28 heavy (non-hydrogen) atoms. The van der Waals surface area contributed by atoms with Crippen molar-refractivity contribution in [1.29, 1.82) is 0 Å². The molecule has 0 spiro atoms. The first-order valence-corrected chi connectivity index (χ1v) is 9.22. The smallest absolute Gasteiger partial charge is 0.790 e. The summed E-state index contributed by atoms with van der Waals surface area (Å²) in [6.07, 6.45) is -14.5. The Balaban J connectivity index is 0.00000392. The van der Waals surface area contributed by atoms with Crippen LogP contribution in [0, 0.1) is 0 Å². The van der Waals surface area contributed by atoms with Crippen molar-refractivity contribution in [1.82, 2.24) is 0 Å². The van der Waals surface area contributed by atoms with Gasteiger partial charge in [0.15, 0.2) is 6.29 Å². The third kappa shape index (κ3) is 5.39. The van der Waals surface area contributed by atoms with Gasteiger partial charge in [0.25, 0.3) is 0 Å². The molecule has 9 atom stereocenters. The van der Waals surface area contributed by atoms with Crippen LogP contribution in [0.1, 0.15) is 0 Å². The van der Waals surface area contributed by atoms with E-state index in [4.69, 9.17) is 19.3 Å². The van der Waals surface area contributed by atoms with E-state index < -0.39 is 82.4 Å². The molecule has 2 saturated heterocycles. The van der Waals surface area contributed by atoms with Crippen LogP contribution in [-0.2, 0) is 23.3 Å². The van der Waals surface area contributed by atoms with E-state index in [2.05, 4.69) is 4.52 Å². The van der Waals surface area contributed by atoms with Gasteiger partial charge < -0.3 is 68.8 Å². The fourth-order valence-corrected chi connectivity index (χ4v) is 3.46. The average molecular weight is 445 g/mol. The molecule has 0 bridgehead atoms. The van der Waals surface area contributed by atoms with Crippen molar-refractivity contribution in [2.75, 3.05) is 19.8 Å².